The summed E-state index contributed by atoms with van der Waals surface area (Å²) in [6.45, 7) is 9.33. The van der Waals surface area contributed by atoms with Crippen molar-refractivity contribution in [3.63, 3.8) is 0 Å². The Bertz CT molecular complexity index is 735. The van der Waals surface area contributed by atoms with Crippen molar-refractivity contribution in [1.82, 2.24) is 9.88 Å². The van der Waals surface area contributed by atoms with Crippen LogP contribution < -0.4 is 0 Å². The first kappa shape index (κ1) is 14.1. The third-order valence-electron chi connectivity index (χ3n) is 5.59. The molecule has 2 aliphatic rings. The van der Waals surface area contributed by atoms with Crippen molar-refractivity contribution in [2.24, 2.45) is 0 Å². The average Bonchev–Trinajstić information content (AvgIpc) is 3.11. The summed E-state index contributed by atoms with van der Waals surface area (Å²) in [5, 5.41) is 1.41. The first-order chi connectivity index (χ1) is 10.6. The molecule has 1 aromatic carbocycles. The maximum absolute atomic E-state index is 3.48. The molecule has 22 heavy (non-hydrogen) atoms. The molecule has 0 amide bonds. The fraction of sp³-hybridized carbons (Fsp3) is 0.500. The number of fused-ring (bicyclic) bond motifs is 2. The minimum absolute atomic E-state index is 0.582. The Kier molecular flexibility index (Phi) is 3.37. The Morgan fingerprint density at radius 1 is 1.27 bits per heavy atom. The van der Waals surface area contributed by atoms with Crippen molar-refractivity contribution < 1.29 is 0 Å². The number of aromatic nitrogens is 1. The number of H-pyrrole nitrogens is 1. The molecule has 1 atom stereocenters. The van der Waals surface area contributed by atoms with Crippen LogP contribution in [0.3, 0.4) is 0 Å². The van der Waals surface area contributed by atoms with Gasteiger partial charge in [0.15, 0.2) is 0 Å². The van der Waals surface area contributed by atoms with E-state index in [0.717, 1.165) is 12.6 Å². The molecular formula is C20H26N2. The maximum Gasteiger partial charge on any atom is 0.0460 e. The molecule has 0 saturated carbocycles. The van der Waals surface area contributed by atoms with Gasteiger partial charge in [-0.1, -0.05) is 25.5 Å². The zero-order valence-corrected chi connectivity index (χ0v) is 13.9. The molecule has 2 nitrogen and oxygen atoms in total. The van der Waals surface area contributed by atoms with Crippen molar-refractivity contribution in [3.05, 3.63) is 41.1 Å². The van der Waals surface area contributed by atoms with Gasteiger partial charge in [-0.15, -0.1) is 0 Å². The van der Waals surface area contributed by atoms with Gasteiger partial charge in [0.2, 0.25) is 0 Å². The first-order valence-corrected chi connectivity index (χ1v) is 8.67. The zero-order chi connectivity index (χ0) is 15.3. The second kappa shape index (κ2) is 5.27. The number of hydrogen-bond donors (Lipinski definition) is 1. The zero-order valence-electron chi connectivity index (χ0n) is 13.9. The van der Waals surface area contributed by atoms with E-state index in [2.05, 4.69) is 55.1 Å². The lowest BCUT2D eigenvalue weighted by atomic mass is 9.89. The summed E-state index contributed by atoms with van der Waals surface area (Å²) in [5.74, 6) is 0.582. The highest BCUT2D eigenvalue weighted by molar-refractivity contribution is 5.94. The van der Waals surface area contributed by atoms with Gasteiger partial charge in [0.1, 0.15) is 0 Å². The lowest BCUT2D eigenvalue weighted by Crippen LogP contribution is -2.34. The van der Waals surface area contributed by atoms with E-state index in [-0.39, 0.29) is 0 Å². The summed E-state index contributed by atoms with van der Waals surface area (Å²) in [5.41, 5.74) is 7.31. The molecule has 0 spiro atoms. The van der Waals surface area contributed by atoms with Gasteiger partial charge >= 0.3 is 0 Å². The smallest absolute Gasteiger partial charge is 0.0460 e. The molecule has 1 aromatic heterocycles. The number of hydrogen-bond acceptors (Lipinski definition) is 1. The van der Waals surface area contributed by atoms with Crippen molar-refractivity contribution in [1.29, 1.82) is 0 Å². The van der Waals surface area contributed by atoms with Crippen LogP contribution in [0.1, 0.15) is 57.1 Å². The van der Waals surface area contributed by atoms with E-state index in [0.29, 0.717) is 5.92 Å². The third kappa shape index (κ3) is 2.21. The molecule has 1 saturated heterocycles. The predicted molar refractivity (Wildman–Crippen MR) is 94.2 cm³/mol. The van der Waals surface area contributed by atoms with E-state index >= 15 is 0 Å². The van der Waals surface area contributed by atoms with Gasteiger partial charge in [-0.2, -0.15) is 0 Å². The minimum atomic E-state index is 0.582. The SMILES string of the molecule is CC1=C(c2c[nH]c3ccc(C(C)C)cc23)C[C@H]2CCCN2C1. The second-order valence-corrected chi connectivity index (χ2v) is 7.39. The van der Waals surface area contributed by atoms with Crippen molar-refractivity contribution in [3.8, 4) is 0 Å². The van der Waals surface area contributed by atoms with E-state index in [1.807, 2.05) is 0 Å². The maximum atomic E-state index is 3.48. The fourth-order valence-electron chi connectivity index (χ4n) is 4.23. The average molecular weight is 294 g/mol. The van der Waals surface area contributed by atoms with E-state index in [4.69, 9.17) is 0 Å². The number of benzene rings is 1. The molecule has 116 valence electrons. The van der Waals surface area contributed by atoms with Crippen LogP contribution in [0, 0.1) is 0 Å². The molecular weight excluding hydrogens is 268 g/mol. The van der Waals surface area contributed by atoms with Crippen LogP contribution in [0.25, 0.3) is 16.5 Å². The van der Waals surface area contributed by atoms with Crippen molar-refractivity contribution in [2.45, 2.75) is 52.0 Å². The number of rotatable bonds is 2. The predicted octanol–water partition coefficient (Wildman–Crippen LogP) is 4.93. The van der Waals surface area contributed by atoms with E-state index in [9.17, 15) is 0 Å². The molecule has 2 aromatic rings. The van der Waals surface area contributed by atoms with Crippen molar-refractivity contribution >= 4 is 16.5 Å². The molecule has 4 rings (SSSR count). The Labute approximate surface area is 133 Å². The van der Waals surface area contributed by atoms with Crippen LogP contribution >= 0.6 is 0 Å². The van der Waals surface area contributed by atoms with Gasteiger partial charge in [-0.05, 0) is 61.9 Å². The first-order valence-electron chi connectivity index (χ1n) is 8.67. The molecule has 1 N–H and O–H groups in total. The highest BCUT2D eigenvalue weighted by atomic mass is 15.2. The molecule has 0 aliphatic carbocycles. The van der Waals surface area contributed by atoms with Crippen LogP contribution in [0.5, 0.6) is 0 Å². The van der Waals surface area contributed by atoms with Gasteiger partial charge in [-0.25, -0.2) is 0 Å². The number of nitrogens with one attached hydrogen (secondary N) is 1. The fourth-order valence-corrected chi connectivity index (χ4v) is 4.23. The van der Waals surface area contributed by atoms with Gasteiger partial charge in [0, 0.05) is 35.2 Å². The summed E-state index contributed by atoms with van der Waals surface area (Å²) in [6, 6.07) is 7.67. The van der Waals surface area contributed by atoms with Crippen molar-refractivity contribution in [2.75, 3.05) is 13.1 Å². The normalized spacial score (nSPS) is 22.8. The van der Waals surface area contributed by atoms with Crippen LogP contribution in [0.15, 0.2) is 30.0 Å². The standard InChI is InChI=1S/C20H26N2/c1-13(2)15-6-7-20-18(9-15)19(11-21-20)17-10-16-5-4-8-22(16)12-14(17)3/h6-7,9,11,13,16,21H,4-5,8,10,12H2,1-3H3/t16-/m1/s1. The van der Waals surface area contributed by atoms with E-state index in [1.54, 1.807) is 11.1 Å². The molecule has 0 bridgehead atoms. The van der Waals surface area contributed by atoms with Crippen LogP contribution in [-0.4, -0.2) is 29.0 Å². The molecule has 2 heteroatoms. The summed E-state index contributed by atoms with van der Waals surface area (Å²) in [4.78, 5) is 6.16. The van der Waals surface area contributed by atoms with Gasteiger partial charge in [0.05, 0.1) is 0 Å². The third-order valence-corrected chi connectivity index (χ3v) is 5.59. The Hall–Kier alpha value is -1.54. The largest absolute Gasteiger partial charge is 0.361 e. The summed E-state index contributed by atoms with van der Waals surface area (Å²) in [6.07, 6.45) is 6.20. The summed E-state index contributed by atoms with van der Waals surface area (Å²) >= 11 is 0. The highest BCUT2D eigenvalue weighted by Gasteiger charge is 2.31. The summed E-state index contributed by atoms with van der Waals surface area (Å²) in [7, 11) is 0. The minimum Gasteiger partial charge on any atom is -0.361 e. The quantitative estimate of drug-likeness (QED) is 0.832. The lowest BCUT2D eigenvalue weighted by Gasteiger charge is -2.32. The lowest BCUT2D eigenvalue weighted by molar-refractivity contribution is 0.267. The molecule has 1 fully saturated rings. The van der Waals surface area contributed by atoms with Gasteiger partial charge in [-0.3, -0.25) is 4.90 Å². The Morgan fingerprint density at radius 2 is 2.14 bits per heavy atom. The monoisotopic (exact) mass is 294 g/mol. The molecule has 0 unspecified atom stereocenters. The van der Waals surface area contributed by atoms with Crippen LogP contribution in [-0.2, 0) is 0 Å². The molecule has 3 heterocycles. The topological polar surface area (TPSA) is 19.0 Å². The number of aromatic amines is 1. The summed E-state index contributed by atoms with van der Waals surface area (Å²) < 4.78 is 0. The Morgan fingerprint density at radius 3 is 2.95 bits per heavy atom. The molecule has 2 aliphatic heterocycles. The van der Waals surface area contributed by atoms with E-state index < -0.39 is 0 Å². The molecule has 0 radical (unpaired) electrons. The van der Waals surface area contributed by atoms with E-state index in [1.165, 1.54) is 47.8 Å². The van der Waals surface area contributed by atoms with Gasteiger partial charge in [0.25, 0.3) is 0 Å². The van der Waals surface area contributed by atoms with Crippen LogP contribution in [0.4, 0.5) is 0 Å². The van der Waals surface area contributed by atoms with Gasteiger partial charge < -0.3 is 4.98 Å². The van der Waals surface area contributed by atoms with Crippen LogP contribution in [0.2, 0.25) is 0 Å². The number of nitrogens with zero attached hydrogens (tertiary/aromatic N) is 1. The second-order valence-electron chi connectivity index (χ2n) is 7.39. The highest BCUT2D eigenvalue weighted by Crippen LogP contribution is 2.38. The Balaban J connectivity index is 1.80.